The first-order chi connectivity index (χ1) is 9.77. The fourth-order valence-electron chi connectivity index (χ4n) is 1.41. The zero-order valence-electron chi connectivity index (χ0n) is 11.9. The molecule has 0 radical (unpaired) electrons. The molecule has 4 N–H and O–H groups in total. The zero-order valence-corrected chi connectivity index (χ0v) is 11.9. The van der Waals surface area contributed by atoms with Crippen molar-refractivity contribution in [3.63, 3.8) is 0 Å². The summed E-state index contributed by atoms with van der Waals surface area (Å²) < 4.78 is 13.9. The van der Waals surface area contributed by atoms with Crippen LogP contribution in [0.1, 0.15) is 36.2 Å². The second kappa shape index (κ2) is 6.86. The number of aliphatic hydroxyl groups excluding tert-OH is 1. The lowest BCUT2D eigenvalue weighted by Crippen LogP contribution is -2.53. The topological polar surface area (TPSA) is 92.4 Å². The van der Waals surface area contributed by atoms with Crippen molar-refractivity contribution in [1.82, 2.24) is 5.32 Å². The normalized spacial score (nSPS) is 10.5. The molecule has 21 heavy (non-hydrogen) atoms. The van der Waals surface area contributed by atoms with Crippen molar-refractivity contribution in [3.05, 3.63) is 35.1 Å². The Morgan fingerprint density at radius 2 is 2.10 bits per heavy atom. The third-order valence-corrected chi connectivity index (χ3v) is 2.73. The van der Waals surface area contributed by atoms with E-state index in [-0.39, 0.29) is 18.6 Å². The lowest BCUT2D eigenvalue weighted by atomic mass is 10.0. The molecule has 0 aromatic heterocycles. The van der Waals surface area contributed by atoms with Gasteiger partial charge in [0.15, 0.2) is 0 Å². The largest absolute Gasteiger partial charge is 0.395 e. The quantitative estimate of drug-likeness (QED) is 0.708. The molecule has 0 fully saturated rings. The average Bonchev–Trinajstić information content (AvgIpc) is 2.38. The number of benzene rings is 1. The fourth-order valence-corrected chi connectivity index (χ4v) is 1.41. The van der Waals surface area contributed by atoms with Gasteiger partial charge in [0.2, 0.25) is 5.91 Å². The molecule has 5 nitrogen and oxygen atoms in total. The highest BCUT2D eigenvalue weighted by Gasteiger charge is 2.28. The van der Waals surface area contributed by atoms with E-state index in [1.54, 1.807) is 0 Å². The molecule has 1 aromatic carbocycles. The van der Waals surface area contributed by atoms with Gasteiger partial charge in [-0.25, -0.2) is 4.39 Å². The van der Waals surface area contributed by atoms with E-state index >= 15 is 0 Å². The molecule has 1 rings (SSSR count). The van der Waals surface area contributed by atoms with Crippen molar-refractivity contribution in [3.8, 4) is 11.8 Å². The summed E-state index contributed by atoms with van der Waals surface area (Å²) in [6.07, 6.45) is 0.288. The number of nitrogens with two attached hydrogens (primary N) is 1. The number of halogens is 1. The Morgan fingerprint density at radius 3 is 2.62 bits per heavy atom. The van der Waals surface area contributed by atoms with Gasteiger partial charge < -0.3 is 16.2 Å². The van der Waals surface area contributed by atoms with Crippen LogP contribution in [0.2, 0.25) is 0 Å². The van der Waals surface area contributed by atoms with Gasteiger partial charge in [-0.1, -0.05) is 11.8 Å². The number of hydrogen-bond acceptors (Lipinski definition) is 3. The molecule has 0 heterocycles. The molecule has 6 heteroatoms. The molecule has 0 atom stereocenters. The van der Waals surface area contributed by atoms with Crippen LogP contribution in [0, 0.1) is 17.7 Å². The van der Waals surface area contributed by atoms with E-state index in [4.69, 9.17) is 10.8 Å². The predicted molar refractivity (Wildman–Crippen MR) is 75.7 cm³/mol. The van der Waals surface area contributed by atoms with E-state index in [0.29, 0.717) is 5.56 Å². The van der Waals surface area contributed by atoms with Gasteiger partial charge in [0.05, 0.1) is 12.2 Å². The van der Waals surface area contributed by atoms with E-state index in [2.05, 4.69) is 17.2 Å². The van der Waals surface area contributed by atoms with Crippen LogP contribution in [0.5, 0.6) is 0 Å². The van der Waals surface area contributed by atoms with Gasteiger partial charge in [-0.15, -0.1) is 0 Å². The predicted octanol–water partition coefficient (Wildman–Crippen LogP) is 0.553. The van der Waals surface area contributed by atoms with Gasteiger partial charge in [0.25, 0.3) is 5.91 Å². The maximum absolute atomic E-state index is 13.9. The minimum absolute atomic E-state index is 0.0713. The summed E-state index contributed by atoms with van der Waals surface area (Å²) in [4.78, 5) is 23.1. The minimum atomic E-state index is -1.27. The van der Waals surface area contributed by atoms with Crippen LogP contribution in [0.25, 0.3) is 0 Å². The highest BCUT2D eigenvalue weighted by atomic mass is 19.1. The van der Waals surface area contributed by atoms with Gasteiger partial charge in [-0.3, -0.25) is 9.59 Å². The van der Waals surface area contributed by atoms with Crippen molar-refractivity contribution in [2.45, 2.75) is 25.8 Å². The van der Waals surface area contributed by atoms with E-state index < -0.39 is 23.2 Å². The van der Waals surface area contributed by atoms with Crippen LogP contribution in [0.15, 0.2) is 18.2 Å². The first-order valence-corrected chi connectivity index (χ1v) is 6.29. The van der Waals surface area contributed by atoms with Crippen LogP contribution in [0.3, 0.4) is 0 Å². The fraction of sp³-hybridized carbons (Fsp3) is 0.333. The summed E-state index contributed by atoms with van der Waals surface area (Å²) in [5.41, 5.74) is 4.06. The third kappa shape index (κ3) is 4.58. The molecular weight excluding hydrogens is 275 g/mol. The Morgan fingerprint density at radius 1 is 1.43 bits per heavy atom. The molecule has 112 valence electrons. The summed E-state index contributed by atoms with van der Waals surface area (Å²) >= 11 is 0. The number of rotatable bonds is 4. The van der Waals surface area contributed by atoms with Gasteiger partial charge in [0.1, 0.15) is 11.4 Å². The van der Waals surface area contributed by atoms with Crippen molar-refractivity contribution in [2.24, 2.45) is 5.73 Å². The Kier molecular flexibility index (Phi) is 5.44. The van der Waals surface area contributed by atoms with Gasteiger partial charge >= 0.3 is 0 Å². The smallest absolute Gasteiger partial charge is 0.255 e. The molecule has 1 aromatic rings. The molecule has 0 spiro atoms. The van der Waals surface area contributed by atoms with E-state index in [1.807, 2.05) is 0 Å². The lowest BCUT2D eigenvalue weighted by Gasteiger charge is -2.22. The second-order valence-corrected chi connectivity index (χ2v) is 4.91. The van der Waals surface area contributed by atoms with Crippen molar-refractivity contribution < 1.29 is 19.1 Å². The summed E-state index contributed by atoms with van der Waals surface area (Å²) in [7, 11) is 0. The Labute approximate surface area is 122 Å². The molecule has 0 aliphatic heterocycles. The van der Waals surface area contributed by atoms with Crippen molar-refractivity contribution in [1.29, 1.82) is 0 Å². The molecule has 0 unspecified atom stereocenters. The summed E-state index contributed by atoms with van der Waals surface area (Å²) in [6, 6.07) is 3.89. The molecule has 2 amide bonds. The zero-order chi connectivity index (χ0) is 16.0. The SMILES string of the molecule is CC(C)(NC(=O)c1ccc(C#CCCO)cc1F)C(N)=O. The molecule has 0 saturated carbocycles. The minimum Gasteiger partial charge on any atom is -0.395 e. The van der Waals surface area contributed by atoms with E-state index in [1.165, 1.54) is 26.0 Å². The number of carbonyl (C=O) groups excluding carboxylic acids is 2. The number of primary amides is 1. The van der Waals surface area contributed by atoms with Crippen LogP contribution >= 0.6 is 0 Å². The molecule has 0 bridgehead atoms. The Balaban J connectivity index is 2.93. The third-order valence-electron chi connectivity index (χ3n) is 2.73. The number of aliphatic hydroxyl groups is 1. The van der Waals surface area contributed by atoms with Gasteiger partial charge in [-0.2, -0.15) is 0 Å². The van der Waals surface area contributed by atoms with Crippen LogP contribution in [-0.4, -0.2) is 29.1 Å². The number of amides is 2. The first kappa shape index (κ1) is 16.7. The van der Waals surface area contributed by atoms with Gasteiger partial charge in [-0.05, 0) is 32.0 Å². The van der Waals surface area contributed by atoms with Crippen molar-refractivity contribution in [2.75, 3.05) is 6.61 Å². The number of carbonyl (C=O) groups is 2. The Hall–Kier alpha value is -2.39. The molecular formula is C15H17FN2O3. The summed E-state index contributed by atoms with van der Waals surface area (Å²) in [5.74, 6) is 3.12. The van der Waals surface area contributed by atoms with Crippen LogP contribution in [0.4, 0.5) is 4.39 Å². The van der Waals surface area contributed by atoms with E-state index in [0.717, 1.165) is 6.07 Å². The molecule has 0 aliphatic rings. The van der Waals surface area contributed by atoms with Crippen molar-refractivity contribution >= 4 is 11.8 Å². The highest BCUT2D eigenvalue weighted by molar-refractivity contribution is 5.98. The lowest BCUT2D eigenvalue weighted by molar-refractivity contribution is -0.122. The standard InChI is InChI=1S/C15H17FN2O3/c1-15(2,14(17)21)18-13(20)11-7-6-10(9-12(11)16)5-3-4-8-19/h6-7,9,19H,4,8H2,1-2H3,(H2,17,21)(H,18,20). The average molecular weight is 292 g/mol. The highest BCUT2D eigenvalue weighted by Crippen LogP contribution is 2.12. The summed E-state index contributed by atoms with van der Waals surface area (Å²) in [5, 5.41) is 11.0. The van der Waals surface area contributed by atoms with Crippen LogP contribution in [-0.2, 0) is 4.79 Å². The number of nitrogens with one attached hydrogen (secondary N) is 1. The maximum Gasteiger partial charge on any atom is 0.255 e. The first-order valence-electron chi connectivity index (χ1n) is 6.29. The summed E-state index contributed by atoms with van der Waals surface area (Å²) in [6.45, 7) is 2.79. The van der Waals surface area contributed by atoms with E-state index in [9.17, 15) is 14.0 Å². The Bertz CT molecular complexity index is 615. The monoisotopic (exact) mass is 292 g/mol. The van der Waals surface area contributed by atoms with Gasteiger partial charge in [0, 0.05) is 12.0 Å². The molecule has 0 aliphatic carbocycles. The molecule has 0 saturated heterocycles. The van der Waals surface area contributed by atoms with Crippen LogP contribution < -0.4 is 11.1 Å². The number of hydrogen-bond donors (Lipinski definition) is 3. The maximum atomic E-state index is 13.9. The second-order valence-electron chi connectivity index (χ2n) is 4.91.